The molecular weight excluding hydrogens is 256 g/mol. The summed E-state index contributed by atoms with van der Waals surface area (Å²) < 4.78 is 0. The second kappa shape index (κ2) is 4.24. The van der Waals surface area contributed by atoms with E-state index in [0.29, 0.717) is 5.82 Å². The van der Waals surface area contributed by atoms with Crippen LogP contribution in [0.3, 0.4) is 0 Å². The third-order valence-corrected chi connectivity index (χ3v) is 3.55. The van der Waals surface area contributed by atoms with Gasteiger partial charge in [0.05, 0.1) is 11.8 Å². The topological polar surface area (TPSA) is 79.3 Å². The van der Waals surface area contributed by atoms with E-state index in [1.807, 2.05) is 0 Å². The van der Waals surface area contributed by atoms with E-state index in [9.17, 15) is 9.59 Å². The minimum absolute atomic E-state index is 0.276. The SMILES string of the molecule is CC1(C)[C@H](C(=O)O)[C@@H]1C(=O)Nc1cccc(Cl)n1. The van der Waals surface area contributed by atoms with Gasteiger partial charge in [0.2, 0.25) is 5.91 Å². The lowest BCUT2D eigenvalue weighted by Gasteiger charge is -2.05. The highest BCUT2D eigenvalue weighted by Gasteiger charge is 2.65. The molecule has 2 rings (SSSR count). The van der Waals surface area contributed by atoms with Crippen molar-refractivity contribution in [2.75, 3.05) is 5.32 Å². The fraction of sp³-hybridized carbons (Fsp3) is 0.417. The molecule has 0 unspecified atom stereocenters. The van der Waals surface area contributed by atoms with Crippen molar-refractivity contribution in [3.63, 3.8) is 0 Å². The summed E-state index contributed by atoms with van der Waals surface area (Å²) in [6.45, 7) is 3.53. The first-order valence-corrected chi connectivity index (χ1v) is 5.88. The molecule has 1 amide bonds. The molecule has 0 aromatic carbocycles. The Balaban J connectivity index is 2.08. The first-order chi connectivity index (χ1) is 8.34. The normalized spacial score (nSPS) is 24.4. The van der Waals surface area contributed by atoms with Crippen molar-refractivity contribution < 1.29 is 14.7 Å². The molecular formula is C12H13ClN2O3. The Morgan fingerprint density at radius 2 is 2.06 bits per heavy atom. The Labute approximate surface area is 109 Å². The van der Waals surface area contributed by atoms with Gasteiger partial charge in [-0.05, 0) is 17.5 Å². The Bertz CT molecular complexity index is 516. The van der Waals surface area contributed by atoms with Gasteiger partial charge < -0.3 is 10.4 Å². The van der Waals surface area contributed by atoms with Crippen molar-refractivity contribution >= 4 is 29.3 Å². The predicted octanol–water partition coefficient (Wildman–Crippen LogP) is 2.03. The van der Waals surface area contributed by atoms with Gasteiger partial charge in [-0.3, -0.25) is 9.59 Å². The third kappa shape index (κ3) is 2.18. The molecule has 2 atom stereocenters. The summed E-state index contributed by atoms with van der Waals surface area (Å²) in [6, 6.07) is 4.87. The second-order valence-corrected chi connectivity index (χ2v) is 5.34. The van der Waals surface area contributed by atoms with E-state index < -0.39 is 23.2 Å². The van der Waals surface area contributed by atoms with Gasteiger partial charge in [-0.2, -0.15) is 0 Å². The van der Waals surface area contributed by atoms with Crippen molar-refractivity contribution in [3.8, 4) is 0 Å². The second-order valence-electron chi connectivity index (χ2n) is 4.95. The average molecular weight is 269 g/mol. The zero-order valence-electron chi connectivity index (χ0n) is 9.98. The lowest BCUT2D eigenvalue weighted by Crippen LogP contribution is -2.18. The number of aromatic nitrogens is 1. The molecule has 2 N–H and O–H groups in total. The van der Waals surface area contributed by atoms with Gasteiger partial charge >= 0.3 is 5.97 Å². The Hall–Kier alpha value is -1.62. The fourth-order valence-corrected chi connectivity index (χ4v) is 2.43. The van der Waals surface area contributed by atoms with Gasteiger partial charge in [0.25, 0.3) is 0 Å². The van der Waals surface area contributed by atoms with Crippen LogP contribution in [0, 0.1) is 17.3 Å². The number of amides is 1. The smallest absolute Gasteiger partial charge is 0.307 e. The molecule has 0 aliphatic heterocycles. The molecule has 1 fully saturated rings. The molecule has 1 aliphatic rings. The molecule has 1 aromatic rings. The van der Waals surface area contributed by atoms with E-state index in [-0.39, 0.29) is 11.1 Å². The number of nitrogens with zero attached hydrogens (tertiary/aromatic N) is 1. The van der Waals surface area contributed by atoms with Gasteiger partial charge in [0.1, 0.15) is 11.0 Å². The van der Waals surface area contributed by atoms with Crippen LogP contribution in [0.1, 0.15) is 13.8 Å². The zero-order chi connectivity index (χ0) is 13.5. The lowest BCUT2D eigenvalue weighted by molar-refractivity contribution is -0.140. The molecule has 0 radical (unpaired) electrons. The Morgan fingerprint density at radius 3 is 2.56 bits per heavy atom. The van der Waals surface area contributed by atoms with Crippen LogP contribution >= 0.6 is 11.6 Å². The first kappa shape index (κ1) is 12.8. The number of rotatable bonds is 3. The molecule has 1 heterocycles. The molecule has 96 valence electrons. The zero-order valence-corrected chi connectivity index (χ0v) is 10.7. The van der Waals surface area contributed by atoms with Crippen molar-refractivity contribution in [1.82, 2.24) is 4.98 Å². The highest BCUT2D eigenvalue weighted by atomic mass is 35.5. The van der Waals surface area contributed by atoms with Crippen LogP contribution in [0.4, 0.5) is 5.82 Å². The molecule has 5 nitrogen and oxygen atoms in total. The van der Waals surface area contributed by atoms with Crippen LogP contribution in [0.15, 0.2) is 18.2 Å². The van der Waals surface area contributed by atoms with Crippen molar-refractivity contribution in [2.45, 2.75) is 13.8 Å². The van der Waals surface area contributed by atoms with E-state index in [1.165, 1.54) is 0 Å². The summed E-state index contributed by atoms with van der Waals surface area (Å²) in [5.74, 6) is -2.12. The number of carboxylic acid groups (broad SMARTS) is 1. The number of pyridine rings is 1. The van der Waals surface area contributed by atoms with Gasteiger partial charge in [-0.25, -0.2) is 4.98 Å². The molecule has 0 bridgehead atoms. The third-order valence-electron chi connectivity index (χ3n) is 3.34. The standard InChI is InChI=1S/C12H13ClN2O3/c1-12(2)8(9(12)11(17)18)10(16)15-7-5-3-4-6(13)14-7/h3-5,8-9H,1-2H3,(H,17,18)(H,14,15,16)/t8-,9+/m1/s1. The average Bonchev–Trinajstić information content (AvgIpc) is 2.81. The molecule has 1 saturated carbocycles. The van der Waals surface area contributed by atoms with E-state index in [2.05, 4.69) is 10.3 Å². The van der Waals surface area contributed by atoms with Crippen LogP contribution in [0.2, 0.25) is 5.15 Å². The highest BCUT2D eigenvalue weighted by Crippen LogP contribution is 2.58. The van der Waals surface area contributed by atoms with Crippen molar-refractivity contribution in [2.24, 2.45) is 17.3 Å². The number of carboxylic acids is 1. The van der Waals surface area contributed by atoms with Crippen molar-refractivity contribution in [3.05, 3.63) is 23.4 Å². The number of hydrogen-bond donors (Lipinski definition) is 2. The number of nitrogens with one attached hydrogen (secondary N) is 1. The maximum absolute atomic E-state index is 12.0. The van der Waals surface area contributed by atoms with Crippen molar-refractivity contribution in [1.29, 1.82) is 0 Å². The largest absolute Gasteiger partial charge is 0.481 e. The number of anilines is 1. The highest BCUT2D eigenvalue weighted by molar-refractivity contribution is 6.29. The Kier molecular flexibility index (Phi) is 3.02. The molecule has 0 saturated heterocycles. The number of carbonyl (C=O) groups is 2. The minimum Gasteiger partial charge on any atom is -0.481 e. The van der Waals surface area contributed by atoms with E-state index in [4.69, 9.17) is 16.7 Å². The fourth-order valence-electron chi connectivity index (χ4n) is 2.27. The molecule has 1 aromatic heterocycles. The van der Waals surface area contributed by atoms with Crippen LogP contribution in [-0.2, 0) is 9.59 Å². The van der Waals surface area contributed by atoms with Gasteiger partial charge in [-0.1, -0.05) is 31.5 Å². The number of carbonyl (C=O) groups excluding carboxylic acids is 1. The van der Waals surface area contributed by atoms with E-state index in [0.717, 1.165) is 0 Å². The summed E-state index contributed by atoms with van der Waals surface area (Å²) in [4.78, 5) is 26.9. The number of aliphatic carboxylic acids is 1. The minimum atomic E-state index is -0.945. The van der Waals surface area contributed by atoms with Gasteiger partial charge in [0, 0.05) is 0 Å². The summed E-state index contributed by atoms with van der Waals surface area (Å²) in [7, 11) is 0. The molecule has 18 heavy (non-hydrogen) atoms. The van der Waals surface area contributed by atoms with Gasteiger partial charge in [-0.15, -0.1) is 0 Å². The summed E-state index contributed by atoms with van der Waals surface area (Å²) in [5, 5.41) is 11.9. The first-order valence-electron chi connectivity index (χ1n) is 5.50. The number of halogens is 1. The molecule has 6 heteroatoms. The molecule has 1 aliphatic carbocycles. The monoisotopic (exact) mass is 268 g/mol. The maximum Gasteiger partial charge on any atom is 0.307 e. The van der Waals surface area contributed by atoms with E-state index >= 15 is 0 Å². The van der Waals surface area contributed by atoms with Crippen LogP contribution in [-0.4, -0.2) is 22.0 Å². The summed E-state index contributed by atoms with van der Waals surface area (Å²) >= 11 is 5.70. The quantitative estimate of drug-likeness (QED) is 0.822. The van der Waals surface area contributed by atoms with Crippen LogP contribution in [0.5, 0.6) is 0 Å². The van der Waals surface area contributed by atoms with Crippen LogP contribution < -0.4 is 5.32 Å². The lowest BCUT2D eigenvalue weighted by atomic mass is 10.1. The number of hydrogen-bond acceptors (Lipinski definition) is 3. The van der Waals surface area contributed by atoms with Gasteiger partial charge in [0.15, 0.2) is 0 Å². The summed E-state index contributed by atoms with van der Waals surface area (Å²) in [5.41, 5.74) is -0.519. The van der Waals surface area contributed by atoms with Crippen LogP contribution in [0.25, 0.3) is 0 Å². The Morgan fingerprint density at radius 1 is 1.39 bits per heavy atom. The molecule has 0 spiro atoms. The van der Waals surface area contributed by atoms with E-state index in [1.54, 1.807) is 32.0 Å². The maximum atomic E-state index is 12.0. The summed E-state index contributed by atoms with van der Waals surface area (Å²) in [6.07, 6.45) is 0. The predicted molar refractivity (Wildman–Crippen MR) is 66.3 cm³/mol.